The fourth-order valence-corrected chi connectivity index (χ4v) is 3.89. The van der Waals surface area contributed by atoms with Crippen molar-refractivity contribution in [3.63, 3.8) is 0 Å². The molecule has 2 N–H and O–H groups in total. The van der Waals surface area contributed by atoms with Gasteiger partial charge >= 0.3 is 6.03 Å². The molecule has 34 heavy (non-hydrogen) atoms. The fourth-order valence-electron chi connectivity index (χ4n) is 3.89. The second-order valence-electron chi connectivity index (χ2n) is 8.27. The van der Waals surface area contributed by atoms with E-state index in [9.17, 15) is 18.8 Å². The third-order valence-corrected chi connectivity index (χ3v) is 5.98. The number of anilines is 1. The van der Waals surface area contributed by atoms with E-state index in [1.807, 2.05) is 4.90 Å². The Bertz CT molecular complexity index is 1100. The topological polar surface area (TPSA) is 100 Å². The smallest absolute Gasteiger partial charge is 0.325 e. The summed E-state index contributed by atoms with van der Waals surface area (Å²) in [6.07, 6.45) is 0. The number of fused-ring (bicyclic) bond motifs is 1. The van der Waals surface area contributed by atoms with Crippen molar-refractivity contribution >= 4 is 23.5 Å². The van der Waals surface area contributed by atoms with Crippen molar-refractivity contribution in [1.82, 2.24) is 15.1 Å². The minimum Gasteiger partial charge on any atom is -0.486 e. The first-order valence-electron chi connectivity index (χ1n) is 11.1. The standard InChI is InChI=1S/C24H27FN4O5/c1-15-3-4-17(13-19(15)25)23(31)29-9-7-28(8-10-29)16(2)22(30)27-24(32)26-18-5-6-20-21(14-18)34-12-11-33-20/h3-6,13-14,16H,7-12H2,1-2H3,(H2,26,27,30,32). The Labute approximate surface area is 196 Å². The van der Waals surface area contributed by atoms with E-state index in [0.29, 0.717) is 67.7 Å². The normalized spacial score (nSPS) is 16.5. The molecule has 2 heterocycles. The first-order valence-corrected chi connectivity index (χ1v) is 11.1. The molecule has 2 aliphatic heterocycles. The van der Waals surface area contributed by atoms with E-state index in [4.69, 9.17) is 9.47 Å². The molecule has 180 valence electrons. The average molecular weight is 471 g/mol. The molecule has 2 aliphatic rings. The van der Waals surface area contributed by atoms with Crippen LogP contribution in [0, 0.1) is 12.7 Å². The molecule has 2 aromatic rings. The molecule has 1 atom stereocenters. The van der Waals surface area contributed by atoms with E-state index in [1.54, 1.807) is 49.1 Å². The molecular weight excluding hydrogens is 443 g/mol. The summed E-state index contributed by atoms with van der Waals surface area (Å²) in [6.45, 7) is 5.96. The number of nitrogens with zero attached hydrogens (tertiary/aromatic N) is 2. The summed E-state index contributed by atoms with van der Waals surface area (Å²) in [7, 11) is 0. The monoisotopic (exact) mass is 470 g/mol. The Morgan fingerprint density at radius 3 is 2.38 bits per heavy atom. The molecule has 0 aromatic heterocycles. The number of aryl methyl sites for hydroxylation is 1. The Morgan fingerprint density at radius 1 is 0.971 bits per heavy atom. The molecule has 0 spiro atoms. The quantitative estimate of drug-likeness (QED) is 0.712. The second-order valence-corrected chi connectivity index (χ2v) is 8.27. The lowest BCUT2D eigenvalue weighted by atomic mass is 10.1. The zero-order valence-electron chi connectivity index (χ0n) is 19.1. The van der Waals surface area contributed by atoms with Crippen molar-refractivity contribution < 1.29 is 28.2 Å². The molecule has 0 saturated carbocycles. The van der Waals surface area contributed by atoms with E-state index < -0.39 is 23.8 Å². The van der Waals surface area contributed by atoms with Gasteiger partial charge in [0, 0.05) is 43.5 Å². The molecule has 4 rings (SSSR count). The SMILES string of the molecule is Cc1ccc(C(=O)N2CCN(C(C)C(=O)NC(=O)Nc3ccc4c(c3)OCCO4)CC2)cc1F. The highest BCUT2D eigenvalue weighted by atomic mass is 19.1. The Balaban J connectivity index is 1.26. The molecule has 0 radical (unpaired) electrons. The average Bonchev–Trinajstić information content (AvgIpc) is 2.84. The first kappa shape index (κ1) is 23.5. The highest BCUT2D eigenvalue weighted by Gasteiger charge is 2.29. The molecule has 0 bridgehead atoms. The lowest BCUT2D eigenvalue weighted by molar-refractivity contribution is -0.125. The van der Waals surface area contributed by atoms with Crippen molar-refractivity contribution in [2.75, 3.05) is 44.7 Å². The molecule has 2 aromatic carbocycles. The summed E-state index contributed by atoms with van der Waals surface area (Å²) >= 11 is 0. The highest BCUT2D eigenvalue weighted by Crippen LogP contribution is 2.32. The third-order valence-electron chi connectivity index (χ3n) is 5.98. The van der Waals surface area contributed by atoms with E-state index in [0.717, 1.165) is 0 Å². The van der Waals surface area contributed by atoms with Gasteiger partial charge in [-0.3, -0.25) is 19.8 Å². The predicted molar refractivity (Wildman–Crippen MR) is 123 cm³/mol. The third kappa shape index (κ3) is 5.28. The molecule has 1 saturated heterocycles. The van der Waals surface area contributed by atoms with Crippen LogP contribution in [0.2, 0.25) is 0 Å². The Kier molecular flexibility index (Phi) is 6.97. The van der Waals surface area contributed by atoms with Crippen molar-refractivity contribution in [1.29, 1.82) is 0 Å². The fraction of sp³-hybridized carbons (Fsp3) is 0.375. The molecular formula is C24H27FN4O5. The number of carbonyl (C=O) groups excluding carboxylic acids is 3. The van der Waals surface area contributed by atoms with Gasteiger partial charge in [-0.15, -0.1) is 0 Å². The number of amides is 4. The summed E-state index contributed by atoms with van der Waals surface area (Å²) < 4.78 is 24.8. The number of nitrogens with one attached hydrogen (secondary N) is 2. The van der Waals surface area contributed by atoms with Gasteiger partial charge in [0.1, 0.15) is 19.0 Å². The number of urea groups is 1. The summed E-state index contributed by atoms with van der Waals surface area (Å²) in [6, 6.07) is 8.23. The number of piperazine rings is 1. The Morgan fingerprint density at radius 2 is 1.68 bits per heavy atom. The van der Waals surface area contributed by atoms with Crippen LogP contribution in [-0.4, -0.2) is 73.1 Å². The summed E-state index contributed by atoms with van der Waals surface area (Å²) in [5.74, 6) is 0.0331. The van der Waals surface area contributed by atoms with Gasteiger partial charge in [0.15, 0.2) is 11.5 Å². The van der Waals surface area contributed by atoms with Gasteiger partial charge in [0.05, 0.1) is 6.04 Å². The van der Waals surface area contributed by atoms with Crippen molar-refractivity contribution in [3.8, 4) is 11.5 Å². The van der Waals surface area contributed by atoms with Crippen LogP contribution in [0.5, 0.6) is 11.5 Å². The maximum atomic E-state index is 13.8. The molecule has 10 heteroatoms. The first-order chi connectivity index (χ1) is 16.3. The van der Waals surface area contributed by atoms with Crippen molar-refractivity contribution in [2.45, 2.75) is 19.9 Å². The molecule has 4 amide bonds. The van der Waals surface area contributed by atoms with E-state index in [2.05, 4.69) is 10.6 Å². The molecule has 1 unspecified atom stereocenters. The number of hydrogen-bond donors (Lipinski definition) is 2. The molecule has 9 nitrogen and oxygen atoms in total. The van der Waals surface area contributed by atoms with Gasteiger partial charge in [0.25, 0.3) is 5.91 Å². The largest absolute Gasteiger partial charge is 0.486 e. The van der Waals surface area contributed by atoms with Crippen LogP contribution >= 0.6 is 0 Å². The van der Waals surface area contributed by atoms with Crippen molar-refractivity contribution in [2.24, 2.45) is 0 Å². The maximum Gasteiger partial charge on any atom is 0.325 e. The van der Waals surface area contributed by atoms with Gasteiger partial charge in [-0.25, -0.2) is 9.18 Å². The lowest BCUT2D eigenvalue weighted by Gasteiger charge is -2.37. The zero-order chi connectivity index (χ0) is 24.2. The van der Waals surface area contributed by atoms with E-state index >= 15 is 0 Å². The minimum absolute atomic E-state index is 0.241. The predicted octanol–water partition coefficient (Wildman–Crippen LogP) is 2.40. The highest BCUT2D eigenvalue weighted by molar-refractivity contribution is 6.03. The second kappa shape index (κ2) is 10.1. The van der Waals surface area contributed by atoms with Crippen LogP contribution in [0.25, 0.3) is 0 Å². The minimum atomic E-state index is -0.649. The van der Waals surface area contributed by atoms with Crippen LogP contribution in [0.1, 0.15) is 22.8 Å². The number of halogens is 1. The Hall–Kier alpha value is -3.66. The zero-order valence-corrected chi connectivity index (χ0v) is 19.1. The summed E-state index contributed by atoms with van der Waals surface area (Å²) in [5, 5.41) is 4.97. The number of ether oxygens (including phenoxy) is 2. The van der Waals surface area contributed by atoms with Crippen LogP contribution in [-0.2, 0) is 4.79 Å². The van der Waals surface area contributed by atoms with Crippen LogP contribution < -0.4 is 20.1 Å². The van der Waals surface area contributed by atoms with Crippen LogP contribution in [0.15, 0.2) is 36.4 Å². The van der Waals surface area contributed by atoms with E-state index in [1.165, 1.54) is 6.07 Å². The molecule has 1 fully saturated rings. The van der Waals surface area contributed by atoms with Gasteiger partial charge in [0.2, 0.25) is 5.91 Å². The van der Waals surface area contributed by atoms with Crippen molar-refractivity contribution in [3.05, 3.63) is 53.3 Å². The number of rotatable bonds is 4. The van der Waals surface area contributed by atoms with Gasteiger partial charge < -0.3 is 19.7 Å². The number of imide groups is 1. The summed E-state index contributed by atoms with van der Waals surface area (Å²) in [4.78, 5) is 41.1. The van der Waals surface area contributed by atoms with Gasteiger partial charge in [-0.05, 0) is 43.7 Å². The number of carbonyl (C=O) groups is 3. The molecule has 0 aliphatic carbocycles. The van der Waals surface area contributed by atoms with E-state index in [-0.39, 0.29) is 5.91 Å². The maximum absolute atomic E-state index is 13.8. The van der Waals surface area contributed by atoms with Crippen LogP contribution in [0.3, 0.4) is 0 Å². The number of hydrogen-bond acceptors (Lipinski definition) is 6. The lowest BCUT2D eigenvalue weighted by Crippen LogP contribution is -2.55. The van der Waals surface area contributed by atoms with Gasteiger partial charge in [-0.1, -0.05) is 6.07 Å². The summed E-state index contributed by atoms with van der Waals surface area (Å²) in [5.41, 5.74) is 1.26. The van der Waals surface area contributed by atoms with Gasteiger partial charge in [-0.2, -0.15) is 0 Å². The number of benzene rings is 2. The van der Waals surface area contributed by atoms with Crippen LogP contribution in [0.4, 0.5) is 14.9 Å².